The number of likely N-dealkylation sites (tertiary alicyclic amines) is 1. The number of carbonyl (C=O) groups excluding carboxylic acids is 2. The van der Waals surface area contributed by atoms with Crippen LogP contribution in [-0.2, 0) is 14.3 Å². The number of piperidine rings is 1. The van der Waals surface area contributed by atoms with Crippen LogP contribution < -0.4 is 5.32 Å². The Morgan fingerprint density at radius 2 is 2.24 bits per heavy atom. The first-order valence-electron chi connectivity index (χ1n) is 8.41. The number of hydrogen-bond acceptors (Lipinski definition) is 6. The van der Waals surface area contributed by atoms with Gasteiger partial charge in [0.2, 0.25) is 5.91 Å². The standard InChI is InChI=1S/C18H23N3O3S/c1-2-24-18(23)14-6-5-10-21(12-14)13-17(22)20-15-7-3-4-8-16(15)25-11-9-19/h3-4,7-8,14H,2,5-6,10-13H2,1H3,(H,20,22)/t14-/m0/s1. The van der Waals surface area contributed by atoms with Gasteiger partial charge in [-0.15, -0.1) is 11.8 Å². The highest BCUT2D eigenvalue weighted by Gasteiger charge is 2.27. The van der Waals surface area contributed by atoms with Gasteiger partial charge < -0.3 is 10.1 Å². The molecule has 1 aromatic rings. The Kier molecular flexibility index (Phi) is 7.76. The smallest absolute Gasteiger partial charge is 0.310 e. The minimum Gasteiger partial charge on any atom is -0.466 e. The van der Waals surface area contributed by atoms with Crippen molar-refractivity contribution >= 4 is 29.3 Å². The van der Waals surface area contributed by atoms with Crippen molar-refractivity contribution in [3.8, 4) is 6.07 Å². The highest BCUT2D eigenvalue weighted by atomic mass is 32.2. The summed E-state index contributed by atoms with van der Waals surface area (Å²) in [6.45, 7) is 3.78. The molecule has 1 aromatic carbocycles. The zero-order valence-corrected chi connectivity index (χ0v) is 15.2. The quantitative estimate of drug-likeness (QED) is 0.593. The lowest BCUT2D eigenvalue weighted by atomic mass is 9.98. The van der Waals surface area contributed by atoms with Crippen LogP contribution in [-0.4, -0.2) is 48.8 Å². The molecule has 0 aliphatic carbocycles. The largest absolute Gasteiger partial charge is 0.466 e. The number of ether oxygens (including phenoxy) is 1. The van der Waals surface area contributed by atoms with E-state index in [1.165, 1.54) is 11.8 Å². The topological polar surface area (TPSA) is 82.4 Å². The fourth-order valence-electron chi connectivity index (χ4n) is 2.85. The van der Waals surface area contributed by atoms with Gasteiger partial charge in [-0.05, 0) is 38.4 Å². The van der Waals surface area contributed by atoms with Gasteiger partial charge in [-0.3, -0.25) is 14.5 Å². The molecule has 25 heavy (non-hydrogen) atoms. The molecule has 0 spiro atoms. The molecule has 1 amide bonds. The number of nitrogens with one attached hydrogen (secondary N) is 1. The number of amides is 1. The summed E-state index contributed by atoms with van der Waals surface area (Å²) < 4.78 is 5.09. The highest BCUT2D eigenvalue weighted by molar-refractivity contribution is 7.99. The molecule has 1 atom stereocenters. The Labute approximate surface area is 152 Å². The van der Waals surface area contributed by atoms with Crippen LogP contribution in [0.1, 0.15) is 19.8 Å². The van der Waals surface area contributed by atoms with Crippen molar-refractivity contribution in [2.75, 3.05) is 37.3 Å². The van der Waals surface area contributed by atoms with Crippen LogP contribution in [0.25, 0.3) is 0 Å². The third-order valence-electron chi connectivity index (χ3n) is 3.95. The first kappa shape index (κ1) is 19.3. The van der Waals surface area contributed by atoms with Gasteiger partial charge in [-0.2, -0.15) is 5.26 Å². The fourth-order valence-corrected chi connectivity index (χ4v) is 3.52. The van der Waals surface area contributed by atoms with E-state index in [1.54, 1.807) is 6.92 Å². The molecule has 0 aromatic heterocycles. The van der Waals surface area contributed by atoms with E-state index in [4.69, 9.17) is 10.00 Å². The summed E-state index contributed by atoms with van der Waals surface area (Å²) in [5.41, 5.74) is 0.715. The van der Waals surface area contributed by atoms with Crippen molar-refractivity contribution in [3.63, 3.8) is 0 Å². The molecule has 7 heteroatoms. The predicted molar refractivity (Wildman–Crippen MR) is 97.2 cm³/mol. The molecule has 134 valence electrons. The van der Waals surface area contributed by atoms with E-state index in [9.17, 15) is 9.59 Å². The van der Waals surface area contributed by atoms with Crippen molar-refractivity contribution < 1.29 is 14.3 Å². The summed E-state index contributed by atoms with van der Waals surface area (Å²) >= 11 is 1.39. The Morgan fingerprint density at radius 3 is 3.00 bits per heavy atom. The Hall–Kier alpha value is -2.04. The predicted octanol–water partition coefficient (Wildman–Crippen LogP) is 2.52. The molecule has 2 rings (SSSR count). The van der Waals surface area contributed by atoms with Crippen molar-refractivity contribution in [2.24, 2.45) is 5.92 Å². The van der Waals surface area contributed by atoms with Crippen molar-refractivity contribution in [2.45, 2.75) is 24.7 Å². The molecule has 1 N–H and O–H groups in total. The van der Waals surface area contributed by atoms with E-state index in [0.717, 1.165) is 24.3 Å². The van der Waals surface area contributed by atoms with Gasteiger partial charge >= 0.3 is 5.97 Å². The van der Waals surface area contributed by atoms with Crippen LogP contribution in [0.5, 0.6) is 0 Å². The molecule has 1 fully saturated rings. The maximum Gasteiger partial charge on any atom is 0.310 e. The van der Waals surface area contributed by atoms with Gasteiger partial charge in [0, 0.05) is 11.4 Å². The van der Waals surface area contributed by atoms with Crippen LogP contribution in [0, 0.1) is 17.2 Å². The molecule has 1 aliphatic heterocycles. The summed E-state index contributed by atoms with van der Waals surface area (Å²) in [5, 5.41) is 11.6. The molecule has 6 nitrogen and oxygen atoms in total. The zero-order valence-electron chi connectivity index (χ0n) is 14.4. The van der Waals surface area contributed by atoms with Gasteiger partial charge in [-0.1, -0.05) is 12.1 Å². The van der Waals surface area contributed by atoms with Crippen LogP contribution in [0.4, 0.5) is 5.69 Å². The van der Waals surface area contributed by atoms with E-state index in [2.05, 4.69) is 11.4 Å². The zero-order chi connectivity index (χ0) is 18.1. The maximum absolute atomic E-state index is 12.4. The van der Waals surface area contributed by atoms with E-state index in [1.807, 2.05) is 29.2 Å². The third kappa shape index (κ3) is 6.07. The number of esters is 1. The lowest BCUT2D eigenvalue weighted by Crippen LogP contribution is -2.43. The van der Waals surface area contributed by atoms with Crippen molar-refractivity contribution in [1.82, 2.24) is 4.90 Å². The number of nitrogens with zero attached hydrogens (tertiary/aromatic N) is 2. The molecule has 1 heterocycles. The monoisotopic (exact) mass is 361 g/mol. The molecule has 0 radical (unpaired) electrons. The first-order valence-corrected chi connectivity index (χ1v) is 9.40. The highest BCUT2D eigenvalue weighted by Crippen LogP contribution is 2.26. The minimum atomic E-state index is -0.175. The normalized spacial score (nSPS) is 17.5. The molecule has 0 bridgehead atoms. The van der Waals surface area contributed by atoms with Crippen molar-refractivity contribution in [3.05, 3.63) is 24.3 Å². The second-order valence-corrected chi connectivity index (χ2v) is 6.83. The summed E-state index contributed by atoms with van der Waals surface area (Å²) in [6.07, 6.45) is 1.69. The number of para-hydroxylation sites is 1. The van der Waals surface area contributed by atoms with Crippen LogP contribution in [0.3, 0.4) is 0 Å². The first-order chi connectivity index (χ1) is 12.1. The van der Waals surface area contributed by atoms with Gasteiger partial charge in [0.25, 0.3) is 0 Å². The van der Waals surface area contributed by atoms with Crippen LogP contribution in [0.15, 0.2) is 29.2 Å². The lowest BCUT2D eigenvalue weighted by Gasteiger charge is -2.30. The number of thioether (sulfide) groups is 1. The Balaban J connectivity index is 1.90. The number of hydrogen-bond donors (Lipinski definition) is 1. The van der Waals surface area contributed by atoms with E-state index >= 15 is 0 Å². The molecule has 0 unspecified atom stereocenters. The Bertz CT molecular complexity index is 645. The second-order valence-electron chi connectivity index (χ2n) is 5.82. The summed E-state index contributed by atoms with van der Waals surface area (Å²) in [6, 6.07) is 9.53. The number of anilines is 1. The SMILES string of the molecule is CCOC(=O)[C@H]1CCCN(CC(=O)Nc2ccccc2SCC#N)C1. The summed E-state index contributed by atoms with van der Waals surface area (Å²) in [7, 11) is 0. The molecule has 1 saturated heterocycles. The number of nitriles is 1. The average molecular weight is 361 g/mol. The molecular formula is C18H23N3O3S. The van der Waals surface area contributed by atoms with Crippen molar-refractivity contribution in [1.29, 1.82) is 5.26 Å². The van der Waals surface area contributed by atoms with E-state index in [-0.39, 0.29) is 24.3 Å². The van der Waals surface area contributed by atoms with Gasteiger partial charge in [0.05, 0.1) is 36.6 Å². The molecular weight excluding hydrogens is 338 g/mol. The van der Waals surface area contributed by atoms with Gasteiger partial charge in [-0.25, -0.2) is 0 Å². The molecule has 0 saturated carbocycles. The van der Waals surface area contributed by atoms with Gasteiger partial charge in [0.1, 0.15) is 0 Å². The van der Waals surface area contributed by atoms with Gasteiger partial charge in [0.15, 0.2) is 0 Å². The summed E-state index contributed by atoms with van der Waals surface area (Å²) in [4.78, 5) is 27.1. The van der Waals surface area contributed by atoms with E-state index < -0.39 is 0 Å². The average Bonchev–Trinajstić information content (AvgIpc) is 2.61. The lowest BCUT2D eigenvalue weighted by molar-refractivity contribution is -0.150. The van der Waals surface area contributed by atoms with Crippen LogP contribution >= 0.6 is 11.8 Å². The number of rotatable bonds is 7. The fraction of sp³-hybridized carbons (Fsp3) is 0.500. The van der Waals surface area contributed by atoms with E-state index in [0.29, 0.717) is 24.6 Å². The van der Waals surface area contributed by atoms with Crippen LogP contribution in [0.2, 0.25) is 0 Å². The Morgan fingerprint density at radius 1 is 1.44 bits per heavy atom. The second kappa shape index (κ2) is 10.1. The number of benzene rings is 1. The molecule has 1 aliphatic rings. The maximum atomic E-state index is 12.4. The number of carbonyl (C=O) groups is 2. The summed E-state index contributed by atoms with van der Waals surface area (Å²) in [5.74, 6) is -0.111. The third-order valence-corrected chi connectivity index (χ3v) is 4.89. The minimum absolute atomic E-state index is 0.116.